The van der Waals surface area contributed by atoms with Crippen LogP contribution >= 0.6 is 0 Å². The molecule has 4 rings (SSSR count). The number of hydrogen-bond acceptors (Lipinski definition) is 3. The van der Waals surface area contributed by atoms with E-state index in [0.717, 1.165) is 38.0 Å². The molecule has 28 heavy (non-hydrogen) atoms. The molecule has 3 aliphatic rings. The van der Waals surface area contributed by atoms with Gasteiger partial charge in [0.25, 0.3) is 6.43 Å². The fourth-order valence-corrected chi connectivity index (χ4v) is 4.67. The number of amides is 1. The van der Waals surface area contributed by atoms with Crippen LogP contribution < -0.4 is 5.32 Å². The molecule has 1 saturated carbocycles. The van der Waals surface area contributed by atoms with Crippen LogP contribution in [0.1, 0.15) is 65.1 Å². The van der Waals surface area contributed by atoms with Crippen molar-refractivity contribution in [3.63, 3.8) is 0 Å². The SMILES string of the molecule is C[C@@H]1C[C@H]1C(=O)N1CCC([C@@H]2C[C@H](C(F)F)n3nc(C(C)(C)C)cc3N2)CC1. The van der Waals surface area contributed by atoms with Gasteiger partial charge in [-0.3, -0.25) is 4.79 Å². The number of nitrogens with one attached hydrogen (secondary N) is 1. The summed E-state index contributed by atoms with van der Waals surface area (Å²) < 4.78 is 29.1. The highest BCUT2D eigenvalue weighted by molar-refractivity contribution is 5.81. The molecule has 156 valence electrons. The van der Waals surface area contributed by atoms with Gasteiger partial charge in [-0.05, 0) is 37.5 Å². The van der Waals surface area contributed by atoms with Crippen LogP contribution in [0.3, 0.4) is 0 Å². The van der Waals surface area contributed by atoms with Gasteiger partial charge >= 0.3 is 0 Å². The van der Waals surface area contributed by atoms with Gasteiger partial charge in [0, 0.05) is 36.5 Å². The lowest BCUT2D eigenvalue weighted by atomic mass is 9.84. The predicted molar refractivity (Wildman–Crippen MR) is 105 cm³/mol. The van der Waals surface area contributed by atoms with Gasteiger partial charge < -0.3 is 10.2 Å². The average molecular weight is 395 g/mol. The summed E-state index contributed by atoms with van der Waals surface area (Å²) in [7, 11) is 0. The fourth-order valence-electron chi connectivity index (χ4n) is 4.67. The molecule has 0 bridgehead atoms. The first-order chi connectivity index (χ1) is 13.1. The quantitative estimate of drug-likeness (QED) is 0.841. The molecule has 0 radical (unpaired) electrons. The van der Waals surface area contributed by atoms with E-state index >= 15 is 0 Å². The van der Waals surface area contributed by atoms with E-state index in [1.165, 1.54) is 4.68 Å². The number of halogens is 2. The van der Waals surface area contributed by atoms with Crippen LogP contribution in [0.4, 0.5) is 14.6 Å². The summed E-state index contributed by atoms with van der Waals surface area (Å²) in [6, 6.07) is 1.05. The molecule has 2 fully saturated rings. The summed E-state index contributed by atoms with van der Waals surface area (Å²) in [5.41, 5.74) is 0.653. The number of alkyl halides is 2. The maximum absolute atomic E-state index is 13.8. The Morgan fingerprint density at radius 2 is 1.89 bits per heavy atom. The highest BCUT2D eigenvalue weighted by Crippen LogP contribution is 2.41. The zero-order chi connectivity index (χ0) is 20.2. The van der Waals surface area contributed by atoms with Crippen LogP contribution in [-0.4, -0.2) is 46.1 Å². The van der Waals surface area contributed by atoms with Crippen molar-refractivity contribution < 1.29 is 13.6 Å². The second-order valence-electron chi connectivity index (χ2n) is 9.98. The van der Waals surface area contributed by atoms with Crippen molar-refractivity contribution in [1.82, 2.24) is 14.7 Å². The Morgan fingerprint density at radius 3 is 2.43 bits per heavy atom. The van der Waals surface area contributed by atoms with Gasteiger partial charge in [-0.25, -0.2) is 13.5 Å². The smallest absolute Gasteiger partial charge is 0.260 e. The van der Waals surface area contributed by atoms with E-state index in [9.17, 15) is 13.6 Å². The van der Waals surface area contributed by atoms with E-state index < -0.39 is 12.5 Å². The first-order valence-corrected chi connectivity index (χ1v) is 10.6. The monoisotopic (exact) mass is 394 g/mol. The highest BCUT2D eigenvalue weighted by Gasteiger charge is 2.43. The number of piperidine rings is 1. The molecule has 0 spiro atoms. The van der Waals surface area contributed by atoms with Crippen molar-refractivity contribution in [3.05, 3.63) is 11.8 Å². The number of carbonyl (C=O) groups excluding carboxylic acids is 1. The molecule has 7 heteroatoms. The summed E-state index contributed by atoms with van der Waals surface area (Å²) in [5, 5.41) is 7.99. The maximum Gasteiger partial charge on any atom is 0.260 e. The molecule has 1 aromatic heterocycles. The standard InChI is InChI=1S/C21H32F2N4O/c1-12-9-14(12)20(28)26-7-5-13(6-8-26)15-10-16(19(22)23)27-18(24-15)11-17(25-27)21(2,3)4/h11-16,19,24H,5-10H2,1-4H3/t12-,14-,15+,16-/m1/s1. The van der Waals surface area contributed by atoms with Crippen molar-refractivity contribution in [3.8, 4) is 0 Å². The number of carbonyl (C=O) groups is 1. The minimum atomic E-state index is -2.44. The third-order valence-electron chi connectivity index (χ3n) is 6.78. The van der Waals surface area contributed by atoms with Crippen LogP contribution in [0.2, 0.25) is 0 Å². The lowest BCUT2D eigenvalue weighted by Gasteiger charge is -2.40. The molecular formula is C21H32F2N4O. The van der Waals surface area contributed by atoms with Crippen LogP contribution in [0, 0.1) is 17.8 Å². The van der Waals surface area contributed by atoms with Crippen molar-refractivity contribution in [2.75, 3.05) is 18.4 Å². The third kappa shape index (κ3) is 3.64. The van der Waals surface area contributed by atoms with E-state index in [0.29, 0.717) is 30.0 Å². The summed E-state index contributed by atoms with van der Waals surface area (Å²) in [5.74, 6) is 2.05. The van der Waals surface area contributed by atoms with Gasteiger partial charge in [-0.2, -0.15) is 5.10 Å². The largest absolute Gasteiger partial charge is 0.367 e. The van der Waals surface area contributed by atoms with E-state index in [2.05, 4.69) is 17.3 Å². The molecule has 2 aliphatic heterocycles. The summed E-state index contributed by atoms with van der Waals surface area (Å²) >= 11 is 0. The molecule has 1 aromatic rings. The van der Waals surface area contributed by atoms with Gasteiger partial charge in [0.15, 0.2) is 0 Å². The van der Waals surface area contributed by atoms with Crippen molar-refractivity contribution in [2.45, 2.75) is 77.3 Å². The normalized spacial score (nSPS) is 30.9. The second-order valence-corrected chi connectivity index (χ2v) is 9.98. The Morgan fingerprint density at radius 1 is 1.25 bits per heavy atom. The van der Waals surface area contributed by atoms with E-state index in [-0.39, 0.29) is 17.4 Å². The molecule has 4 atom stereocenters. The number of hydrogen-bond donors (Lipinski definition) is 1. The molecule has 5 nitrogen and oxygen atoms in total. The van der Waals surface area contributed by atoms with Crippen molar-refractivity contribution in [1.29, 1.82) is 0 Å². The van der Waals surface area contributed by atoms with Crippen LogP contribution in [0.5, 0.6) is 0 Å². The van der Waals surface area contributed by atoms with Gasteiger partial charge in [-0.15, -0.1) is 0 Å². The molecular weight excluding hydrogens is 362 g/mol. The summed E-state index contributed by atoms with van der Waals surface area (Å²) in [6.07, 6.45) is 0.712. The molecule has 1 saturated heterocycles. The van der Waals surface area contributed by atoms with Gasteiger partial charge in [0.2, 0.25) is 5.91 Å². The number of anilines is 1. The lowest BCUT2D eigenvalue weighted by molar-refractivity contribution is -0.134. The van der Waals surface area contributed by atoms with Gasteiger partial charge in [-0.1, -0.05) is 27.7 Å². The van der Waals surface area contributed by atoms with E-state index in [4.69, 9.17) is 0 Å². The van der Waals surface area contributed by atoms with Gasteiger partial charge in [0.05, 0.1) is 5.69 Å². The fraction of sp³-hybridized carbons (Fsp3) is 0.810. The Bertz CT molecular complexity index is 733. The lowest BCUT2D eigenvalue weighted by Crippen LogP contribution is -2.46. The Kier molecular flexibility index (Phi) is 4.91. The van der Waals surface area contributed by atoms with Crippen molar-refractivity contribution >= 4 is 11.7 Å². The minimum absolute atomic E-state index is 0.00752. The topological polar surface area (TPSA) is 50.2 Å². The third-order valence-corrected chi connectivity index (χ3v) is 6.78. The molecule has 1 aliphatic carbocycles. The molecule has 1 amide bonds. The molecule has 3 heterocycles. The summed E-state index contributed by atoms with van der Waals surface area (Å²) in [4.78, 5) is 14.4. The second kappa shape index (κ2) is 6.99. The Balaban J connectivity index is 1.45. The highest BCUT2D eigenvalue weighted by atomic mass is 19.3. The number of nitrogens with zero attached hydrogens (tertiary/aromatic N) is 3. The van der Waals surface area contributed by atoms with E-state index in [1.807, 2.05) is 31.7 Å². The number of likely N-dealkylation sites (tertiary alicyclic amines) is 1. The zero-order valence-electron chi connectivity index (χ0n) is 17.3. The Labute approximate surface area is 165 Å². The molecule has 1 N–H and O–H groups in total. The molecule has 0 unspecified atom stereocenters. The maximum atomic E-state index is 13.8. The average Bonchev–Trinajstić information content (AvgIpc) is 3.20. The number of aromatic nitrogens is 2. The van der Waals surface area contributed by atoms with Crippen molar-refractivity contribution in [2.24, 2.45) is 17.8 Å². The first-order valence-electron chi connectivity index (χ1n) is 10.6. The summed E-state index contributed by atoms with van der Waals surface area (Å²) in [6.45, 7) is 9.76. The number of rotatable bonds is 3. The van der Waals surface area contributed by atoms with E-state index in [1.54, 1.807) is 0 Å². The minimum Gasteiger partial charge on any atom is -0.367 e. The first kappa shape index (κ1) is 19.6. The van der Waals surface area contributed by atoms with Crippen LogP contribution in [-0.2, 0) is 10.2 Å². The molecule has 0 aromatic carbocycles. The predicted octanol–water partition coefficient (Wildman–Crippen LogP) is 4.07. The van der Waals surface area contributed by atoms with Crippen LogP contribution in [0.25, 0.3) is 0 Å². The van der Waals surface area contributed by atoms with Gasteiger partial charge in [0.1, 0.15) is 11.9 Å². The Hall–Kier alpha value is -1.66. The zero-order valence-corrected chi connectivity index (χ0v) is 17.3. The van der Waals surface area contributed by atoms with Crippen LogP contribution in [0.15, 0.2) is 6.07 Å². The number of fused-ring (bicyclic) bond motifs is 1.